The Balaban J connectivity index is 2.14. The Labute approximate surface area is 110 Å². The van der Waals surface area contributed by atoms with Crippen LogP contribution in [-0.2, 0) is 23.1 Å². The highest BCUT2D eigenvalue weighted by molar-refractivity contribution is 7.89. The molecule has 0 bridgehead atoms. The third kappa shape index (κ3) is 3.14. The van der Waals surface area contributed by atoms with Gasteiger partial charge in [0.15, 0.2) is 0 Å². The molecule has 0 saturated carbocycles. The molecule has 0 amide bonds. The summed E-state index contributed by atoms with van der Waals surface area (Å²) in [7, 11) is -3.50. The molecule has 2 rings (SSSR count). The van der Waals surface area contributed by atoms with E-state index < -0.39 is 10.0 Å². The van der Waals surface area contributed by atoms with E-state index in [0.717, 1.165) is 10.4 Å². The average molecular weight is 283 g/mol. The zero-order valence-electron chi connectivity index (χ0n) is 9.54. The molecule has 7 heteroatoms. The van der Waals surface area contributed by atoms with Gasteiger partial charge >= 0.3 is 0 Å². The van der Waals surface area contributed by atoms with Gasteiger partial charge in [-0.1, -0.05) is 12.1 Å². The van der Waals surface area contributed by atoms with Crippen LogP contribution in [-0.4, -0.2) is 13.4 Å². The van der Waals surface area contributed by atoms with Crippen molar-refractivity contribution in [3.8, 4) is 0 Å². The lowest BCUT2D eigenvalue weighted by atomic mass is 10.2. The molecule has 0 aliphatic rings. The highest BCUT2D eigenvalue weighted by Gasteiger charge is 2.14. The van der Waals surface area contributed by atoms with Gasteiger partial charge in [0.1, 0.15) is 0 Å². The molecule has 0 radical (unpaired) electrons. The number of nitrogens with one attached hydrogen (secondary N) is 1. The molecular weight excluding hydrogens is 270 g/mol. The standard InChI is InChI=1S/C11H13N3O2S2/c12-5-9-2-1-3-11(4-9)18(15,16)14-7-10-6-13-8-17-10/h1-4,6,8,14H,5,7,12H2. The Morgan fingerprint density at radius 2 is 2.22 bits per heavy atom. The Hall–Kier alpha value is -1.28. The molecule has 0 fully saturated rings. The van der Waals surface area contributed by atoms with Crippen LogP contribution < -0.4 is 10.5 Å². The first kappa shape index (κ1) is 13.2. The molecule has 3 N–H and O–H groups in total. The number of aromatic nitrogens is 1. The van der Waals surface area contributed by atoms with Crippen LogP contribution in [0.5, 0.6) is 0 Å². The molecule has 2 aromatic rings. The van der Waals surface area contributed by atoms with Crippen LogP contribution in [0.1, 0.15) is 10.4 Å². The molecule has 96 valence electrons. The van der Waals surface area contributed by atoms with Crippen molar-refractivity contribution in [2.45, 2.75) is 18.0 Å². The fraction of sp³-hybridized carbons (Fsp3) is 0.182. The van der Waals surface area contributed by atoms with Gasteiger partial charge in [0.05, 0.1) is 10.4 Å². The Kier molecular flexibility index (Phi) is 4.07. The second-order valence-corrected chi connectivity index (χ2v) is 6.38. The Morgan fingerprint density at radius 3 is 2.89 bits per heavy atom. The fourth-order valence-corrected chi connectivity index (χ4v) is 3.12. The third-order valence-corrected chi connectivity index (χ3v) is 4.54. The van der Waals surface area contributed by atoms with Crippen LogP contribution in [0.4, 0.5) is 0 Å². The molecule has 1 heterocycles. The number of thiazole rings is 1. The minimum absolute atomic E-state index is 0.231. The van der Waals surface area contributed by atoms with E-state index in [4.69, 9.17) is 5.73 Å². The van der Waals surface area contributed by atoms with Crippen molar-refractivity contribution in [1.82, 2.24) is 9.71 Å². The van der Waals surface area contributed by atoms with Crippen LogP contribution in [0, 0.1) is 0 Å². The van der Waals surface area contributed by atoms with Gasteiger partial charge in [-0.2, -0.15) is 0 Å². The van der Waals surface area contributed by atoms with E-state index in [1.807, 2.05) is 0 Å². The normalized spacial score (nSPS) is 11.6. The van der Waals surface area contributed by atoms with E-state index in [1.165, 1.54) is 11.3 Å². The predicted octanol–water partition coefficient (Wildman–Crippen LogP) is 1.08. The lowest BCUT2D eigenvalue weighted by Gasteiger charge is -2.06. The van der Waals surface area contributed by atoms with Crippen LogP contribution in [0.25, 0.3) is 0 Å². The highest BCUT2D eigenvalue weighted by atomic mass is 32.2. The van der Waals surface area contributed by atoms with Gasteiger partial charge in [-0.05, 0) is 17.7 Å². The SMILES string of the molecule is NCc1cccc(S(=O)(=O)NCc2cncs2)c1. The van der Waals surface area contributed by atoms with Crippen LogP contribution in [0.2, 0.25) is 0 Å². The van der Waals surface area contributed by atoms with E-state index in [9.17, 15) is 8.42 Å². The fourth-order valence-electron chi connectivity index (χ4n) is 1.42. The van der Waals surface area contributed by atoms with Gasteiger partial charge in [0.25, 0.3) is 0 Å². The molecule has 1 aromatic heterocycles. The van der Waals surface area contributed by atoms with E-state index in [0.29, 0.717) is 6.54 Å². The zero-order chi connectivity index (χ0) is 13.0. The first-order valence-electron chi connectivity index (χ1n) is 5.28. The summed E-state index contributed by atoms with van der Waals surface area (Å²) in [5.41, 5.74) is 7.94. The summed E-state index contributed by atoms with van der Waals surface area (Å²) in [6, 6.07) is 6.61. The van der Waals surface area contributed by atoms with Crippen molar-refractivity contribution < 1.29 is 8.42 Å². The minimum atomic E-state index is -3.50. The maximum Gasteiger partial charge on any atom is 0.240 e. The van der Waals surface area contributed by atoms with E-state index in [2.05, 4.69) is 9.71 Å². The van der Waals surface area contributed by atoms with Crippen molar-refractivity contribution in [2.24, 2.45) is 5.73 Å². The largest absolute Gasteiger partial charge is 0.326 e. The molecule has 0 unspecified atom stereocenters. The van der Waals surface area contributed by atoms with Gasteiger partial charge < -0.3 is 5.73 Å². The highest BCUT2D eigenvalue weighted by Crippen LogP contribution is 2.12. The summed E-state index contributed by atoms with van der Waals surface area (Å²) < 4.78 is 26.6. The first-order chi connectivity index (χ1) is 8.62. The number of sulfonamides is 1. The maximum atomic E-state index is 12.0. The summed E-state index contributed by atoms with van der Waals surface area (Å²) in [5.74, 6) is 0. The number of nitrogens with zero attached hydrogens (tertiary/aromatic N) is 1. The first-order valence-corrected chi connectivity index (χ1v) is 7.64. The number of hydrogen-bond donors (Lipinski definition) is 2. The van der Waals surface area contributed by atoms with E-state index in [-0.39, 0.29) is 11.4 Å². The quantitative estimate of drug-likeness (QED) is 0.860. The Bertz CT molecular complexity index is 609. The number of hydrogen-bond acceptors (Lipinski definition) is 5. The van der Waals surface area contributed by atoms with E-state index >= 15 is 0 Å². The predicted molar refractivity (Wildman–Crippen MR) is 70.5 cm³/mol. The Morgan fingerprint density at radius 1 is 1.39 bits per heavy atom. The molecule has 0 aliphatic carbocycles. The summed E-state index contributed by atoms with van der Waals surface area (Å²) in [6.07, 6.45) is 1.64. The number of nitrogens with two attached hydrogens (primary N) is 1. The number of benzene rings is 1. The van der Waals surface area contributed by atoms with Crippen LogP contribution in [0.15, 0.2) is 40.9 Å². The topological polar surface area (TPSA) is 85.1 Å². The van der Waals surface area contributed by atoms with Crippen molar-refractivity contribution in [1.29, 1.82) is 0 Å². The molecule has 0 saturated heterocycles. The second kappa shape index (κ2) is 5.57. The zero-order valence-corrected chi connectivity index (χ0v) is 11.2. The molecule has 0 atom stereocenters. The monoisotopic (exact) mass is 283 g/mol. The lowest BCUT2D eigenvalue weighted by Crippen LogP contribution is -2.23. The van der Waals surface area contributed by atoms with E-state index in [1.54, 1.807) is 36.0 Å². The molecule has 0 aliphatic heterocycles. The molecule has 0 spiro atoms. The molecule has 18 heavy (non-hydrogen) atoms. The van der Waals surface area contributed by atoms with Crippen LogP contribution in [0.3, 0.4) is 0 Å². The summed E-state index contributed by atoms with van der Waals surface area (Å²) in [6.45, 7) is 0.568. The summed E-state index contributed by atoms with van der Waals surface area (Å²) >= 11 is 1.41. The van der Waals surface area contributed by atoms with Gasteiger partial charge in [-0.25, -0.2) is 13.1 Å². The lowest BCUT2D eigenvalue weighted by molar-refractivity contribution is 0.581. The van der Waals surface area contributed by atoms with Crippen molar-refractivity contribution in [2.75, 3.05) is 0 Å². The maximum absolute atomic E-state index is 12.0. The third-order valence-electron chi connectivity index (χ3n) is 2.36. The smallest absolute Gasteiger partial charge is 0.240 e. The minimum Gasteiger partial charge on any atom is -0.326 e. The van der Waals surface area contributed by atoms with Gasteiger partial charge in [-0.15, -0.1) is 11.3 Å². The van der Waals surface area contributed by atoms with Crippen molar-refractivity contribution in [3.05, 3.63) is 46.4 Å². The second-order valence-electron chi connectivity index (χ2n) is 3.64. The summed E-state index contributed by atoms with van der Waals surface area (Å²) in [5, 5.41) is 0. The van der Waals surface area contributed by atoms with Gasteiger partial charge in [0.2, 0.25) is 10.0 Å². The van der Waals surface area contributed by atoms with Crippen LogP contribution >= 0.6 is 11.3 Å². The molecular formula is C11H13N3O2S2. The van der Waals surface area contributed by atoms with Gasteiger partial charge in [0, 0.05) is 24.2 Å². The van der Waals surface area contributed by atoms with Gasteiger partial charge in [-0.3, -0.25) is 4.98 Å². The van der Waals surface area contributed by atoms with Crippen molar-refractivity contribution in [3.63, 3.8) is 0 Å². The average Bonchev–Trinajstić information content (AvgIpc) is 2.90. The summed E-state index contributed by atoms with van der Waals surface area (Å²) in [4.78, 5) is 4.99. The molecule has 1 aromatic carbocycles. The number of rotatable bonds is 5. The molecule has 5 nitrogen and oxygen atoms in total. The van der Waals surface area contributed by atoms with Crippen molar-refractivity contribution >= 4 is 21.4 Å².